The molecule has 1 atom stereocenters. The van der Waals surface area contributed by atoms with Gasteiger partial charge in [0.15, 0.2) is 0 Å². The Hall–Kier alpha value is -1.22. The predicted octanol–water partition coefficient (Wildman–Crippen LogP) is 2.49. The minimum atomic E-state index is 0.641. The molecule has 0 amide bonds. The fourth-order valence-corrected chi connectivity index (χ4v) is 1.98. The number of rotatable bonds is 7. The molecule has 0 fully saturated rings. The summed E-state index contributed by atoms with van der Waals surface area (Å²) in [4.78, 5) is 0. The Labute approximate surface area is 104 Å². The first kappa shape index (κ1) is 13.8. The van der Waals surface area contributed by atoms with Crippen LogP contribution in [-0.2, 0) is 6.42 Å². The third-order valence-electron chi connectivity index (χ3n) is 3.07. The van der Waals surface area contributed by atoms with Gasteiger partial charge in [-0.25, -0.2) is 0 Å². The van der Waals surface area contributed by atoms with E-state index in [1.165, 1.54) is 5.56 Å². The summed E-state index contributed by atoms with van der Waals surface area (Å²) in [5, 5.41) is 3.23. The van der Waals surface area contributed by atoms with Gasteiger partial charge in [-0.1, -0.05) is 19.4 Å². The lowest BCUT2D eigenvalue weighted by atomic mass is 9.96. The maximum atomic E-state index is 5.41. The van der Waals surface area contributed by atoms with Crippen molar-refractivity contribution in [3.8, 4) is 11.5 Å². The molecule has 3 heteroatoms. The highest BCUT2D eigenvalue weighted by Crippen LogP contribution is 2.27. The van der Waals surface area contributed by atoms with Crippen LogP contribution in [0.25, 0.3) is 0 Å². The molecule has 0 saturated carbocycles. The predicted molar refractivity (Wildman–Crippen MR) is 71.0 cm³/mol. The van der Waals surface area contributed by atoms with E-state index in [2.05, 4.69) is 18.3 Å². The summed E-state index contributed by atoms with van der Waals surface area (Å²) in [6.45, 7) is 3.25. The van der Waals surface area contributed by atoms with Crippen molar-refractivity contribution >= 4 is 0 Å². The van der Waals surface area contributed by atoms with E-state index in [9.17, 15) is 0 Å². The quantitative estimate of drug-likeness (QED) is 0.790. The third kappa shape index (κ3) is 3.93. The number of benzene rings is 1. The molecule has 0 bridgehead atoms. The lowest BCUT2D eigenvalue weighted by Gasteiger charge is -2.17. The smallest absolute Gasteiger partial charge is 0.125 e. The van der Waals surface area contributed by atoms with E-state index in [1.807, 2.05) is 19.2 Å². The van der Waals surface area contributed by atoms with E-state index in [-0.39, 0.29) is 0 Å². The Morgan fingerprint density at radius 1 is 1.24 bits per heavy atom. The molecular weight excluding hydrogens is 214 g/mol. The van der Waals surface area contributed by atoms with Crippen molar-refractivity contribution in [1.82, 2.24) is 5.32 Å². The molecule has 96 valence electrons. The van der Waals surface area contributed by atoms with Crippen LogP contribution in [0, 0.1) is 5.92 Å². The first-order valence-corrected chi connectivity index (χ1v) is 6.10. The summed E-state index contributed by atoms with van der Waals surface area (Å²) < 4.78 is 10.6. The van der Waals surface area contributed by atoms with Gasteiger partial charge in [-0.15, -0.1) is 0 Å². The highest BCUT2D eigenvalue weighted by atomic mass is 16.5. The van der Waals surface area contributed by atoms with E-state index >= 15 is 0 Å². The van der Waals surface area contributed by atoms with Crippen LogP contribution < -0.4 is 14.8 Å². The van der Waals surface area contributed by atoms with Gasteiger partial charge in [0.25, 0.3) is 0 Å². The average Bonchev–Trinajstić information content (AvgIpc) is 2.38. The maximum absolute atomic E-state index is 5.41. The molecule has 1 aromatic rings. The summed E-state index contributed by atoms with van der Waals surface area (Å²) in [5.41, 5.74) is 1.25. The Balaban J connectivity index is 2.81. The zero-order valence-electron chi connectivity index (χ0n) is 11.2. The van der Waals surface area contributed by atoms with Crippen molar-refractivity contribution < 1.29 is 9.47 Å². The number of hydrogen-bond acceptors (Lipinski definition) is 3. The molecule has 3 nitrogen and oxygen atoms in total. The molecule has 1 aromatic carbocycles. The van der Waals surface area contributed by atoms with Crippen LogP contribution in [0.4, 0.5) is 0 Å². The minimum Gasteiger partial charge on any atom is -0.497 e. The summed E-state index contributed by atoms with van der Waals surface area (Å²) in [5.74, 6) is 2.40. The van der Waals surface area contributed by atoms with Crippen molar-refractivity contribution in [3.05, 3.63) is 23.8 Å². The van der Waals surface area contributed by atoms with Gasteiger partial charge in [-0.05, 0) is 37.6 Å². The molecule has 0 saturated heterocycles. The Bertz CT molecular complexity index is 339. The van der Waals surface area contributed by atoms with Crippen LogP contribution in [-0.4, -0.2) is 27.8 Å². The molecule has 0 heterocycles. The van der Waals surface area contributed by atoms with E-state index in [4.69, 9.17) is 9.47 Å². The molecule has 1 rings (SSSR count). The topological polar surface area (TPSA) is 30.5 Å². The molecule has 17 heavy (non-hydrogen) atoms. The molecule has 0 aliphatic rings. The van der Waals surface area contributed by atoms with Crippen LogP contribution in [0.3, 0.4) is 0 Å². The molecule has 0 spiro atoms. The summed E-state index contributed by atoms with van der Waals surface area (Å²) in [6, 6.07) is 6.03. The van der Waals surface area contributed by atoms with E-state index < -0.39 is 0 Å². The second kappa shape index (κ2) is 7.17. The van der Waals surface area contributed by atoms with Crippen molar-refractivity contribution in [3.63, 3.8) is 0 Å². The monoisotopic (exact) mass is 237 g/mol. The molecule has 0 aliphatic carbocycles. The van der Waals surface area contributed by atoms with Crippen LogP contribution >= 0.6 is 0 Å². The Morgan fingerprint density at radius 2 is 2.00 bits per heavy atom. The van der Waals surface area contributed by atoms with Gasteiger partial charge in [0.1, 0.15) is 11.5 Å². The van der Waals surface area contributed by atoms with Gasteiger partial charge >= 0.3 is 0 Å². The SMILES string of the molecule is CCC(CNC)Cc1ccc(OC)cc1OC. The number of methoxy groups -OCH3 is 2. The third-order valence-corrected chi connectivity index (χ3v) is 3.07. The van der Waals surface area contributed by atoms with Crippen LogP contribution in [0.1, 0.15) is 18.9 Å². The molecule has 0 aliphatic heterocycles. The molecular formula is C14H23NO2. The first-order valence-electron chi connectivity index (χ1n) is 6.10. The van der Waals surface area contributed by atoms with E-state index in [1.54, 1.807) is 14.2 Å². The van der Waals surface area contributed by atoms with Gasteiger partial charge in [-0.3, -0.25) is 0 Å². The van der Waals surface area contributed by atoms with E-state index in [0.29, 0.717) is 5.92 Å². The second-order valence-corrected chi connectivity index (χ2v) is 4.21. The van der Waals surface area contributed by atoms with Crippen molar-refractivity contribution in [1.29, 1.82) is 0 Å². The largest absolute Gasteiger partial charge is 0.497 e. The zero-order chi connectivity index (χ0) is 12.7. The highest BCUT2D eigenvalue weighted by molar-refractivity contribution is 5.41. The van der Waals surface area contributed by atoms with Gasteiger partial charge in [0.05, 0.1) is 14.2 Å². The average molecular weight is 237 g/mol. The number of hydrogen-bond donors (Lipinski definition) is 1. The van der Waals surface area contributed by atoms with Crippen LogP contribution in [0.2, 0.25) is 0 Å². The van der Waals surface area contributed by atoms with Gasteiger partial charge in [0.2, 0.25) is 0 Å². The first-order chi connectivity index (χ1) is 8.24. The fraction of sp³-hybridized carbons (Fsp3) is 0.571. The van der Waals surface area contributed by atoms with Gasteiger partial charge in [-0.2, -0.15) is 0 Å². The molecule has 0 aromatic heterocycles. The molecule has 0 radical (unpaired) electrons. The summed E-state index contributed by atoms with van der Waals surface area (Å²) in [7, 11) is 5.37. The number of ether oxygens (including phenoxy) is 2. The molecule has 1 unspecified atom stereocenters. The normalized spacial score (nSPS) is 12.2. The minimum absolute atomic E-state index is 0.641. The van der Waals surface area contributed by atoms with Crippen molar-refractivity contribution in [2.24, 2.45) is 5.92 Å². The lowest BCUT2D eigenvalue weighted by Crippen LogP contribution is -2.20. The van der Waals surface area contributed by atoms with Gasteiger partial charge in [0, 0.05) is 6.07 Å². The second-order valence-electron chi connectivity index (χ2n) is 4.21. The van der Waals surface area contributed by atoms with Crippen LogP contribution in [0.15, 0.2) is 18.2 Å². The van der Waals surface area contributed by atoms with E-state index in [0.717, 1.165) is 30.9 Å². The van der Waals surface area contributed by atoms with Gasteiger partial charge < -0.3 is 14.8 Å². The van der Waals surface area contributed by atoms with Crippen LogP contribution in [0.5, 0.6) is 11.5 Å². The Kier molecular flexibility index (Phi) is 5.84. The Morgan fingerprint density at radius 3 is 2.53 bits per heavy atom. The lowest BCUT2D eigenvalue weighted by molar-refractivity contribution is 0.385. The van der Waals surface area contributed by atoms with Crippen molar-refractivity contribution in [2.45, 2.75) is 19.8 Å². The standard InChI is InChI=1S/C14H23NO2/c1-5-11(10-15-2)8-12-6-7-13(16-3)9-14(12)17-4/h6-7,9,11,15H,5,8,10H2,1-4H3. The maximum Gasteiger partial charge on any atom is 0.125 e. The fourth-order valence-electron chi connectivity index (χ4n) is 1.98. The number of nitrogens with one attached hydrogen (secondary N) is 1. The van der Waals surface area contributed by atoms with Crippen molar-refractivity contribution in [2.75, 3.05) is 27.8 Å². The zero-order valence-corrected chi connectivity index (χ0v) is 11.2. The highest BCUT2D eigenvalue weighted by Gasteiger charge is 2.11. The molecule has 1 N–H and O–H groups in total. The summed E-state index contributed by atoms with van der Waals surface area (Å²) in [6.07, 6.45) is 2.19. The summed E-state index contributed by atoms with van der Waals surface area (Å²) >= 11 is 0.